The zero-order valence-corrected chi connectivity index (χ0v) is 12.6. The van der Waals surface area contributed by atoms with Gasteiger partial charge in [0, 0.05) is 19.0 Å². The Morgan fingerprint density at radius 3 is 2.20 bits per heavy atom. The predicted octanol–water partition coefficient (Wildman–Crippen LogP) is 1.38. The lowest BCUT2D eigenvalue weighted by molar-refractivity contribution is 0.00578. The molecule has 3 rings (SSSR count). The molecule has 5 heteroatoms. The van der Waals surface area contributed by atoms with E-state index < -0.39 is 7.12 Å². The molecule has 0 spiro atoms. The maximum Gasteiger partial charge on any atom is 0.494 e. The zero-order chi connectivity index (χ0) is 14.5. The highest BCUT2D eigenvalue weighted by molar-refractivity contribution is 6.62. The third kappa shape index (κ3) is 2.24. The van der Waals surface area contributed by atoms with E-state index in [1.165, 1.54) is 0 Å². The summed E-state index contributed by atoms with van der Waals surface area (Å²) in [7, 11) is -0.418. The first-order chi connectivity index (χ1) is 9.28. The van der Waals surface area contributed by atoms with E-state index in [0.717, 1.165) is 24.1 Å². The molecule has 20 heavy (non-hydrogen) atoms. The first-order valence-electron chi connectivity index (χ1n) is 7.19. The number of rotatable bonds is 2. The van der Waals surface area contributed by atoms with Crippen molar-refractivity contribution < 1.29 is 14.4 Å². The van der Waals surface area contributed by atoms with Gasteiger partial charge in [-0.3, -0.25) is 0 Å². The summed E-state index contributed by atoms with van der Waals surface area (Å²) in [6, 6.07) is 5.66. The van der Waals surface area contributed by atoms with Gasteiger partial charge in [0.1, 0.15) is 5.75 Å². The SMILES string of the molecule is CC1(C)OB(c2cc(O)cc(C3CNC3)c2)OC1(C)C. The molecule has 2 aliphatic rings. The Morgan fingerprint density at radius 2 is 1.70 bits per heavy atom. The van der Waals surface area contributed by atoms with Crippen LogP contribution < -0.4 is 10.8 Å². The Balaban J connectivity index is 1.89. The van der Waals surface area contributed by atoms with Gasteiger partial charge in [-0.05, 0) is 50.9 Å². The highest BCUT2D eigenvalue weighted by atomic mass is 16.7. The molecule has 2 N–H and O–H groups in total. The van der Waals surface area contributed by atoms with Crippen LogP contribution in [0, 0.1) is 0 Å². The topological polar surface area (TPSA) is 50.7 Å². The van der Waals surface area contributed by atoms with Gasteiger partial charge in [-0.2, -0.15) is 0 Å². The Morgan fingerprint density at radius 1 is 1.10 bits per heavy atom. The molecule has 4 nitrogen and oxygen atoms in total. The number of hydrogen-bond acceptors (Lipinski definition) is 4. The van der Waals surface area contributed by atoms with Crippen LogP contribution in [0.15, 0.2) is 18.2 Å². The lowest BCUT2D eigenvalue weighted by Crippen LogP contribution is -2.41. The average Bonchev–Trinajstić information content (AvgIpc) is 2.45. The van der Waals surface area contributed by atoms with Crippen molar-refractivity contribution in [2.75, 3.05) is 13.1 Å². The van der Waals surface area contributed by atoms with Crippen molar-refractivity contribution in [2.45, 2.75) is 44.8 Å². The molecule has 108 valence electrons. The van der Waals surface area contributed by atoms with Crippen LogP contribution in [0.2, 0.25) is 0 Å². The van der Waals surface area contributed by atoms with Crippen molar-refractivity contribution >= 4 is 12.6 Å². The average molecular weight is 275 g/mol. The molecule has 2 fully saturated rings. The summed E-state index contributed by atoms with van der Waals surface area (Å²) in [5.41, 5.74) is 1.32. The molecule has 0 saturated carbocycles. The van der Waals surface area contributed by atoms with Crippen LogP contribution in [0.5, 0.6) is 5.75 Å². The van der Waals surface area contributed by atoms with Gasteiger partial charge < -0.3 is 19.7 Å². The Labute approximate surface area is 120 Å². The van der Waals surface area contributed by atoms with E-state index in [2.05, 4.69) is 11.4 Å². The van der Waals surface area contributed by atoms with Crippen LogP contribution in [0.1, 0.15) is 39.2 Å². The molecule has 2 heterocycles. The number of aromatic hydroxyl groups is 1. The number of hydrogen-bond donors (Lipinski definition) is 2. The van der Waals surface area contributed by atoms with Crippen molar-refractivity contribution in [3.63, 3.8) is 0 Å². The number of phenolic OH excluding ortho intramolecular Hbond substituents is 1. The molecule has 0 radical (unpaired) electrons. The molecule has 0 atom stereocenters. The molecule has 0 aromatic heterocycles. The maximum absolute atomic E-state index is 9.95. The quantitative estimate of drug-likeness (QED) is 0.801. The highest BCUT2D eigenvalue weighted by Gasteiger charge is 2.51. The number of nitrogens with one attached hydrogen (secondary N) is 1. The minimum atomic E-state index is -0.418. The van der Waals surface area contributed by atoms with Gasteiger partial charge in [0.2, 0.25) is 0 Å². The molecule has 0 amide bonds. The van der Waals surface area contributed by atoms with Gasteiger partial charge in [-0.25, -0.2) is 0 Å². The van der Waals surface area contributed by atoms with E-state index in [1.807, 2.05) is 33.8 Å². The van der Waals surface area contributed by atoms with E-state index in [0.29, 0.717) is 5.92 Å². The van der Waals surface area contributed by atoms with Crippen LogP contribution in [-0.2, 0) is 9.31 Å². The first-order valence-corrected chi connectivity index (χ1v) is 7.19. The highest BCUT2D eigenvalue weighted by Crippen LogP contribution is 2.37. The summed E-state index contributed by atoms with van der Waals surface area (Å²) in [6.45, 7) is 10.1. The van der Waals surface area contributed by atoms with E-state index in [4.69, 9.17) is 9.31 Å². The van der Waals surface area contributed by atoms with Gasteiger partial charge in [0.15, 0.2) is 0 Å². The fourth-order valence-electron chi connectivity index (χ4n) is 2.53. The number of phenols is 1. The standard InChI is InChI=1S/C15H22BNO3/c1-14(2)15(3,4)20-16(19-14)12-5-10(6-13(18)7-12)11-8-17-9-11/h5-7,11,17-18H,8-9H2,1-4H3. The van der Waals surface area contributed by atoms with E-state index in [9.17, 15) is 5.11 Å². The molecular weight excluding hydrogens is 253 g/mol. The van der Waals surface area contributed by atoms with Crippen molar-refractivity contribution in [1.29, 1.82) is 0 Å². The second-order valence-corrected chi connectivity index (χ2v) is 6.80. The van der Waals surface area contributed by atoms with Gasteiger partial charge in [0.25, 0.3) is 0 Å². The van der Waals surface area contributed by atoms with Crippen molar-refractivity contribution in [3.8, 4) is 5.75 Å². The Kier molecular flexibility index (Phi) is 3.12. The summed E-state index contributed by atoms with van der Waals surface area (Å²) < 4.78 is 12.1. The van der Waals surface area contributed by atoms with E-state index in [1.54, 1.807) is 6.07 Å². The molecule has 0 bridgehead atoms. The lowest BCUT2D eigenvalue weighted by atomic mass is 9.76. The van der Waals surface area contributed by atoms with Crippen LogP contribution in [0.25, 0.3) is 0 Å². The molecule has 2 aliphatic heterocycles. The normalized spacial score (nSPS) is 24.7. The minimum Gasteiger partial charge on any atom is -0.508 e. The Bertz CT molecular complexity index is 510. The maximum atomic E-state index is 9.95. The molecule has 1 aromatic rings. The zero-order valence-electron chi connectivity index (χ0n) is 12.6. The second kappa shape index (κ2) is 4.48. The predicted molar refractivity (Wildman–Crippen MR) is 79.4 cm³/mol. The van der Waals surface area contributed by atoms with Crippen molar-refractivity contribution in [2.24, 2.45) is 0 Å². The van der Waals surface area contributed by atoms with E-state index >= 15 is 0 Å². The summed E-state index contributed by atoms with van der Waals surface area (Å²) in [4.78, 5) is 0. The Hall–Kier alpha value is -1.04. The van der Waals surface area contributed by atoms with Gasteiger partial charge in [0.05, 0.1) is 11.2 Å². The summed E-state index contributed by atoms with van der Waals surface area (Å²) in [6.07, 6.45) is 0. The van der Waals surface area contributed by atoms with Gasteiger partial charge in [-0.15, -0.1) is 0 Å². The summed E-state index contributed by atoms with van der Waals surface area (Å²) in [5, 5.41) is 13.2. The largest absolute Gasteiger partial charge is 0.508 e. The summed E-state index contributed by atoms with van der Waals surface area (Å²) in [5.74, 6) is 0.752. The van der Waals surface area contributed by atoms with Crippen LogP contribution in [0.3, 0.4) is 0 Å². The molecule has 2 saturated heterocycles. The molecular formula is C15H22BNO3. The second-order valence-electron chi connectivity index (χ2n) is 6.80. The molecule has 0 unspecified atom stereocenters. The smallest absolute Gasteiger partial charge is 0.494 e. The van der Waals surface area contributed by atoms with Gasteiger partial charge >= 0.3 is 7.12 Å². The first kappa shape index (κ1) is 13.9. The van der Waals surface area contributed by atoms with Crippen molar-refractivity contribution in [3.05, 3.63) is 23.8 Å². The summed E-state index contributed by atoms with van der Waals surface area (Å²) >= 11 is 0. The minimum absolute atomic E-state index is 0.277. The lowest BCUT2D eigenvalue weighted by Gasteiger charge is -2.32. The monoisotopic (exact) mass is 275 g/mol. The third-order valence-electron chi connectivity index (χ3n) is 4.74. The number of benzene rings is 1. The fraction of sp³-hybridized carbons (Fsp3) is 0.600. The fourth-order valence-corrected chi connectivity index (χ4v) is 2.53. The van der Waals surface area contributed by atoms with E-state index in [-0.39, 0.29) is 17.0 Å². The van der Waals surface area contributed by atoms with Crippen molar-refractivity contribution in [1.82, 2.24) is 5.32 Å². The molecule has 0 aliphatic carbocycles. The van der Waals surface area contributed by atoms with Crippen LogP contribution in [0.4, 0.5) is 0 Å². The third-order valence-corrected chi connectivity index (χ3v) is 4.74. The molecule has 1 aromatic carbocycles. The van der Waals surface area contributed by atoms with Crippen LogP contribution >= 0.6 is 0 Å². The van der Waals surface area contributed by atoms with Gasteiger partial charge in [-0.1, -0.05) is 6.07 Å². The van der Waals surface area contributed by atoms with Crippen LogP contribution in [-0.4, -0.2) is 36.5 Å².